The molecule has 24 heavy (non-hydrogen) atoms. The van der Waals surface area contributed by atoms with Crippen molar-refractivity contribution >= 4 is 11.5 Å². The van der Waals surface area contributed by atoms with E-state index in [-0.39, 0.29) is 0 Å². The van der Waals surface area contributed by atoms with Crippen LogP contribution in [0.5, 0.6) is 0 Å². The number of rotatable bonds is 4. The Bertz CT molecular complexity index is 754. The number of hydrogen-bond acceptors (Lipinski definition) is 5. The molecule has 2 fully saturated rings. The first kappa shape index (κ1) is 14.9. The van der Waals surface area contributed by atoms with Crippen molar-refractivity contribution in [2.75, 3.05) is 23.3 Å². The maximum Gasteiger partial charge on any atom is 0.133 e. The molecule has 1 N–H and O–H groups in total. The molecule has 5 heteroatoms. The Morgan fingerprint density at radius 1 is 1.08 bits per heavy atom. The molecule has 1 saturated carbocycles. The van der Waals surface area contributed by atoms with Crippen LogP contribution >= 0.6 is 0 Å². The standard InChI is InChI=1S/C19H21N5/c20-13-15-3-1-2-4-17(15)24-11-8-16(9-12-24)22-18-7-10-21-19(23-18)14-5-6-14/h1-4,7,10,14,16H,5-6,8-9,11-12H2,(H,21,22,23). The van der Waals surface area contributed by atoms with Gasteiger partial charge in [-0.25, -0.2) is 9.97 Å². The summed E-state index contributed by atoms with van der Waals surface area (Å²) in [6, 6.07) is 12.5. The summed E-state index contributed by atoms with van der Waals surface area (Å²) < 4.78 is 0. The summed E-state index contributed by atoms with van der Waals surface area (Å²) in [6.07, 6.45) is 6.40. The first-order valence-corrected chi connectivity index (χ1v) is 8.67. The number of nitrogens with one attached hydrogen (secondary N) is 1. The highest BCUT2D eigenvalue weighted by atomic mass is 15.2. The quantitative estimate of drug-likeness (QED) is 0.936. The molecule has 1 aliphatic heterocycles. The molecule has 1 saturated heterocycles. The summed E-state index contributed by atoms with van der Waals surface area (Å²) in [4.78, 5) is 11.3. The van der Waals surface area contributed by atoms with E-state index in [1.165, 1.54) is 12.8 Å². The van der Waals surface area contributed by atoms with Gasteiger partial charge in [0.2, 0.25) is 0 Å². The molecule has 1 aromatic heterocycles. The molecule has 2 aliphatic rings. The second-order valence-electron chi connectivity index (χ2n) is 6.61. The highest BCUT2D eigenvalue weighted by Crippen LogP contribution is 2.38. The molecule has 4 rings (SSSR count). The van der Waals surface area contributed by atoms with Crippen LogP contribution in [0, 0.1) is 11.3 Å². The van der Waals surface area contributed by atoms with Gasteiger partial charge in [-0.15, -0.1) is 0 Å². The Hall–Kier alpha value is -2.61. The molecule has 1 aromatic carbocycles. The third-order valence-corrected chi connectivity index (χ3v) is 4.83. The van der Waals surface area contributed by atoms with Gasteiger partial charge in [0.05, 0.1) is 11.3 Å². The van der Waals surface area contributed by atoms with E-state index < -0.39 is 0 Å². The first-order chi connectivity index (χ1) is 11.8. The van der Waals surface area contributed by atoms with Crippen LogP contribution in [0.25, 0.3) is 0 Å². The van der Waals surface area contributed by atoms with E-state index in [9.17, 15) is 5.26 Å². The Morgan fingerprint density at radius 3 is 2.62 bits per heavy atom. The fourth-order valence-electron chi connectivity index (χ4n) is 3.31. The van der Waals surface area contributed by atoms with Crippen molar-refractivity contribution in [3.05, 3.63) is 47.9 Å². The van der Waals surface area contributed by atoms with Gasteiger partial charge in [0.25, 0.3) is 0 Å². The number of benzene rings is 1. The molecule has 0 bridgehead atoms. The van der Waals surface area contributed by atoms with Crippen LogP contribution in [0.4, 0.5) is 11.5 Å². The molecule has 0 atom stereocenters. The van der Waals surface area contributed by atoms with Crippen molar-refractivity contribution in [3.8, 4) is 6.07 Å². The van der Waals surface area contributed by atoms with Crippen LogP contribution in [0.2, 0.25) is 0 Å². The van der Waals surface area contributed by atoms with E-state index in [1.54, 1.807) is 0 Å². The van der Waals surface area contributed by atoms with E-state index >= 15 is 0 Å². The molecule has 0 amide bonds. The normalized spacial score (nSPS) is 18.2. The van der Waals surface area contributed by atoms with Crippen LogP contribution in [-0.2, 0) is 0 Å². The average molecular weight is 319 g/mol. The third kappa shape index (κ3) is 3.18. The molecule has 0 spiro atoms. The number of hydrogen-bond donors (Lipinski definition) is 1. The minimum absolute atomic E-state index is 0.428. The second kappa shape index (κ2) is 6.48. The monoisotopic (exact) mass is 319 g/mol. The van der Waals surface area contributed by atoms with Crippen LogP contribution in [-0.4, -0.2) is 29.1 Å². The summed E-state index contributed by atoms with van der Waals surface area (Å²) in [5, 5.41) is 12.8. The number of aromatic nitrogens is 2. The smallest absolute Gasteiger partial charge is 0.133 e. The van der Waals surface area contributed by atoms with Crippen molar-refractivity contribution < 1.29 is 0 Å². The molecule has 122 valence electrons. The van der Waals surface area contributed by atoms with Crippen LogP contribution in [0.15, 0.2) is 36.5 Å². The maximum absolute atomic E-state index is 9.27. The Labute approximate surface area is 142 Å². The van der Waals surface area contributed by atoms with Crippen molar-refractivity contribution in [2.45, 2.75) is 37.6 Å². The molecule has 2 aromatic rings. The van der Waals surface area contributed by atoms with Crippen molar-refractivity contribution in [1.29, 1.82) is 5.26 Å². The van der Waals surface area contributed by atoms with Gasteiger partial charge in [-0.2, -0.15) is 5.26 Å². The van der Waals surface area contributed by atoms with Crippen LogP contribution in [0.1, 0.15) is 43.0 Å². The number of nitriles is 1. The van der Waals surface area contributed by atoms with Gasteiger partial charge in [-0.3, -0.25) is 0 Å². The highest BCUT2D eigenvalue weighted by Gasteiger charge is 2.27. The lowest BCUT2D eigenvalue weighted by Gasteiger charge is -2.34. The van der Waals surface area contributed by atoms with Gasteiger partial charge in [0.1, 0.15) is 17.7 Å². The van der Waals surface area contributed by atoms with Crippen molar-refractivity contribution in [1.82, 2.24) is 9.97 Å². The van der Waals surface area contributed by atoms with Crippen molar-refractivity contribution in [2.24, 2.45) is 0 Å². The first-order valence-electron chi connectivity index (χ1n) is 8.67. The van der Waals surface area contributed by atoms with Gasteiger partial charge in [0.15, 0.2) is 0 Å². The van der Waals surface area contributed by atoms with E-state index in [0.717, 1.165) is 48.8 Å². The Balaban J connectivity index is 1.38. The second-order valence-corrected chi connectivity index (χ2v) is 6.61. The zero-order valence-corrected chi connectivity index (χ0v) is 13.7. The highest BCUT2D eigenvalue weighted by molar-refractivity contribution is 5.59. The number of anilines is 2. The number of nitrogens with zero attached hydrogens (tertiary/aromatic N) is 4. The van der Waals surface area contributed by atoms with Crippen LogP contribution in [0.3, 0.4) is 0 Å². The minimum Gasteiger partial charge on any atom is -0.370 e. The molecule has 0 unspecified atom stereocenters. The zero-order chi connectivity index (χ0) is 16.4. The van der Waals surface area contributed by atoms with Gasteiger partial charge >= 0.3 is 0 Å². The zero-order valence-electron chi connectivity index (χ0n) is 13.7. The fraction of sp³-hybridized carbons (Fsp3) is 0.421. The fourth-order valence-corrected chi connectivity index (χ4v) is 3.31. The number of para-hydroxylation sites is 1. The predicted molar refractivity (Wildman–Crippen MR) is 94.0 cm³/mol. The van der Waals surface area contributed by atoms with Crippen LogP contribution < -0.4 is 10.2 Å². The molecule has 5 nitrogen and oxygen atoms in total. The Morgan fingerprint density at radius 2 is 1.88 bits per heavy atom. The molecule has 2 heterocycles. The van der Waals surface area contributed by atoms with E-state index in [1.807, 2.05) is 36.5 Å². The molecular weight excluding hydrogens is 298 g/mol. The lowest BCUT2D eigenvalue weighted by atomic mass is 10.0. The predicted octanol–water partition coefficient (Wildman–Crippen LogP) is 3.31. The summed E-state index contributed by atoms with van der Waals surface area (Å²) in [5.74, 6) is 2.51. The largest absolute Gasteiger partial charge is 0.370 e. The summed E-state index contributed by atoms with van der Waals surface area (Å²) in [5.41, 5.74) is 1.81. The van der Waals surface area contributed by atoms with E-state index in [0.29, 0.717) is 12.0 Å². The Kier molecular flexibility index (Phi) is 4.04. The van der Waals surface area contributed by atoms with Gasteiger partial charge < -0.3 is 10.2 Å². The third-order valence-electron chi connectivity index (χ3n) is 4.83. The van der Waals surface area contributed by atoms with Gasteiger partial charge in [-0.1, -0.05) is 12.1 Å². The SMILES string of the molecule is N#Cc1ccccc1N1CCC(Nc2ccnc(C3CC3)n2)CC1. The summed E-state index contributed by atoms with van der Waals surface area (Å²) in [6.45, 7) is 1.91. The molecule has 1 aliphatic carbocycles. The molecule has 0 radical (unpaired) electrons. The summed E-state index contributed by atoms with van der Waals surface area (Å²) >= 11 is 0. The average Bonchev–Trinajstić information content (AvgIpc) is 3.48. The topological polar surface area (TPSA) is 64.8 Å². The van der Waals surface area contributed by atoms with E-state index in [4.69, 9.17) is 0 Å². The van der Waals surface area contributed by atoms with Gasteiger partial charge in [0, 0.05) is 31.2 Å². The lowest BCUT2D eigenvalue weighted by molar-refractivity contribution is 0.525. The molecular formula is C19H21N5. The van der Waals surface area contributed by atoms with Crippen molar-refractivity contribution in [3.63, 3.8) is 0 Å². The summed E-state index contributed by atoms with van der Waals surface area (Å²) in [7, 11) is 0. The maximum atomic E-state index is 9.27. The lowest BCUT2D eigenvalue weighted by Crippen LogP contribution is -2.39. The minimum atomic E-state index is 0.428. The van der Waals surface area contributed by atoms with Gasteiger partial charge in [-0.05, 0) is 43.9 Å². The number of piperidine rings is 1. The van der Waals surface area contributed by atoms with E-state index in [2.05, 4.69) is 26.3 Å².